The van der Waals surface area contributed by atoms with E-state index in [9.17, 15) is 15.0 Å². The summed E-state index contributed by atoms with van der Waals surface area (Å²) in [5, 5.41) is 31.6. The van der Waals surface area contributed by atoms with E-state index in [1.807, 2.05) is 0 Å². The number of rotatable bonds is 6. The minimum absolute atomic E-state index is 0.138. The Hall–Kier alpha value is -1.70. The molecule has 5 atom stereocenters. The summed E-state index contributed by atoms with van der Waals surface area (Å²) < 4.78 is 21.5. The lowest BCUT2D eigenvalue weighted by Crippen LogP contribution is -2.48. The third kappa shape index (κ3) is 3.85. The molecule has 2 aliphatic heterocycles. The van der Waals surface area contributed by atoms with Gasteiger partial charge in [-0.3, -0.25) is 0 Å². The predicted molar refractivity (Wildman–Crippen MR) is 79.0 cm³/mol. The zero-order chi connectivity index (χ0) is 17.9. The first-order valence-electron chi connectivity index (χ1n) is 7.66. The lowest BCUT2D eigenvalue weighted by atomic mass is 10.0. The minimum atomic E-state index is -1.04. The van der Waals surface area contributed by atoms with Gasteiger partial charge in [0.15, 0.2) is 17.7 Å². The number of nitrogens with zero attached hydrogens (tertiary/aromatic N) is 1. The van der Waals surface area contributed by atoms with E-state index in [-0.39, 0.29) is 12.2 Å². The maximum absolute atomic E-state index is 11.6. The van der Waals surface area contributed by atoms with Gasteiger partial charge in [0, 0.05) is 6.20 Å². The zero-order valence-electron chi connectivity index (χ0n) is 13.8. The lowest BCUT2D eigenvalue weighted by molar-refractivity contribution is -0.218. The fourth-order valence-electron chi connectivity index (χ4n) is 2.64. The molecule has 9 heteroatoms. The Morgan fingerprint density at radius 3 is 2.75 bits per heavy atom. The van der Waals surface area contributed by atoms with Crippen LogP contribution in [0.15, 0.2) is 11.8 Å². The van der Waals surface area contributed by atoms with Gasteiger partial charge in [0.2, 0.25) is 0 Å². The number of aliphatic hydroxyl groups excluding tert-OH is 2. The highest BCUT2D eigenvalue weighted by Gasteiger charge is 2.55. The molecule has 3 N–H and O–H groups in total. The molecule has 2 aliphatic rings. The van der Waals surface area contributed by atoms with E-state index in [0.29, 0.717) is 0 Å². The van der Waals surface area contributed by atoms with E-state index < -0.39 is 49.0 Å². The number of carbonyl (C=O) groups excluding carboxylic acids is 1. The van der Waals surface area contributed by atoms with Crippen LogP contribution in [0.3, 0.4) is 0 Å². The summed E-state index contributed by atoms with van der Waals surface area (Å²) >= 11 is 0. The number of carbonyl (C=O) groups is 1. The molecule has 2 fully saturated rings. The highest BCUT2D eigenvalue weighted by molar-refractivity contribution is 5.92. The molecule has 0 saturated carbocycles. The minimum Gasteiger partial charge on any atom is -0.462 e. The number of hydrogen-bond acceptors (Lipinski definition) is 9. The van der Waals surface area contributed by atoms with Gasteiger partial charge >= 0.3 is 5.97 Å². The Morgan fingerprint density at radius 1 is 1.50 bits per heavy atom. The molecule has 134 valence electrons. The van der Waals surface area contributed by atoms with Crippen LogP contribution in [0.2, 0.25) is 0 Å². The monoisotopic (exact) mass is 342 g/mol. The number of nitrogens with one attached hydrogen (secondary N) is 1. The van der Waals surface area contributed by atoms with Crippen LogP contribution in [0.4, 0.5) is 0 Å². The first-order valence-corrected chi connectivity index (χ1v) is 7.66. The molecule has 0 radical (unpaired) electrons. The quantitative estimate of drug-likeness (QED) is 0.321. The Bertz CT molecular complexity index is 542. The van der Waals surface area contributed by atoms with E-state index >= 15 is 0 Å². The fraction of sp³-hybridized carbons (Fsp3) is 0.733. The number of aliphatic hydroxyl groups is 2. The molecule has 2 saturated heterocycles. The van der Waals surface area contributed by atoms with Crippen molar-refractivity contribution in [3.63, 3.8) is 0 Å². The molecule has 2 rings (SSSR count). The summed E-state index contributed by atoms with van der Waals surface area (Å²) in [6.07, 6.45) is -2.16. The maximum Gasteiger partial charge on any atom is 0.350 e. The van der Waals surface area contributed by atoms with Gasteiger partial charge < -0.3 is 34.5 Å². The van der Waals surface area contributed by atoms with Gasteiger partial charge in [-0.15, -0.1) is 0 Å². The number of esters is 1. The predicted octanol–water partition coefficient (Wildman–Crippen LogP) is -0.855. The third-order valence-electron chi connectivity index (χ3n) is 3.70. The number of nitriles is 1. The second-order valence-electron chi connectivity index (χ2n) is 5.91. The van der Waals surface area contributed by atoms with E-state index in [2.05, 4.69) is 5.32 Å². The molecule has 0 amide bonds. The zero-order valence-corrected chi connectivity index (χ0v) is 13.8. The van der Waals surface area contributed by atoms with Crippen LogP contribution >= 0.6 is 0 Å². The van der Waals surface area contributed by atoms with Crippen LogP contribution in [-0.2, 0) is 23.7 Å². The molecular weight excluding hydrogens is 320 g/mol. The summed E-state index contributed by atoms with van der Waals surface area (Å²) in [5.74, 6) is -1.64. The van der Waals surface area contributed by atoms with E-state index in [1.54, 1.807) is 26.8 Å². The van der Waals surface area contributed by atoms with Crippen LogP contribution in [-0.4, -0.2) is 65.8 Å². The number of ether oxygens (including phenoxy) is 4. The van der Waals surface area contributed by atoms with Crippen molar-refractivity contribution in [1.82, 2.24) is 5.32 Å². The van der Waals surface area contributed by atoms with Crippen molar-refractivity contribution >= 4 is 5.97 Å². The Labute approximate surface area is 139 Å². The van der Waals surface area contributed by atoms with Crippen molar-refractivity contribution in [3.8, 4) is 6.07 Å². The molecule has 0 aromatic rings. The van der Waals surface area contributed by atoms with Crippen molar-refractivity contribution in [3.05, 3.63) is 11.8 Å². The number of fused-ring (bicyclic) bond motifs is 1. The topological polar surface area (TPSA) is 130 Å². The van der Waals surface area contributed by atoms with E-state index in [4.69, 9.17) is 24.2 Å². The molecule has 2 heterocycles. The van der Waals surface area contributed by atoms with Gasteiger partial charge in [0.25, 0.3) is 0 Å². The molecule has 0 aliphatic carbocycles. The first kappa shape index (κ1) is 18.6. The standard InChI is InChI=1S/C15H22N2O7/c1-4-21-13(20)8(5-16)6-17-9(7-18)11-10(19)12-14(22-11)24-15(2,3)23-12/h6,9-12,14,17-19H,4,7H2,1-3H3/b8-6-/t9-,10+,11-,12-,14-/m1/s1. The fourth-order valence-corrected chi connectivity index (χ4v) is 2.64. The maximum atomic E-state index is 11.6. The Kier molecular flexibility index (Phi) is 5.79. The Balaban J connectivity index is 2.03. The van der Waals surface area contributed by atoms with Crippen molar-refractivity contribution < 1.29 is 34.0 Å². The highest BCUT2D eigenvalue weighted by Crippen LogP contribution is 2.38. The summed E-state index contributed by atoms with van der Waals surface area (Å²) in [5.41, 5.74) is -0.253. The summed E-state index contributed by atoms with van der Waals surface area (Å²) in [4.78, 5) is 11.6. The van der Waals surface area contributed by atoms with Gasteiger partial charge in [0.1, 0.15) is 24.4 Å². The van der Waals surface area contributed by atoms with Gasteiger partial charge in [-0.25, -0.2) is 4.79 Å². The SMILES string of the molecule is CCOC(=O)/C(C#N)=C\N[C@H](CO)[C@H]1O[C@@H]2OC(C)(C)O[C@@H]2[C@H]1O. The average Bonchev–Trinajstić information content (AvgIpc) is 2.98. The first-order chi connectivity index (χ1) is 11.3. The van der Waals surface area contributed by atoms with Crippen LogP contribution < -0.4 is 5.32 Å². The van der Waals surface area contributed by atoms with Crippen molar-refractivity contribution in [1.29, 1.82) is 5.26 Å². The van der Waals surface area contributed by atoms with Crippen molar-refractivity contribution in [2.45, 2.75) is 57.2 Å². The molecular formula is C15H22N2O7. The molecule has 0 unspecified atom stereocenters. The third-order valence-corrected chi connectivity index (χ3v) is 3.70. The summed E-state index contributed by atoms with van der Waals surface area (Å²) in [6.45, 7) is 4.78. The second-order valence-corrected chi connectivity index (χ2v) is 5.91. The Morgan fingerprint density at radius 2 is 2.21 bits per heavy atom. The van der Waals surface area contributed by atoms with Crippen LogP contribution in [0.1, 0.15) is 20.8 Å². The van der Waals surface area contributed by atoms with Gasteiger partial charge in [-0.1, -0.05) is 0 Å². The molecule has 9 nitrogen and oxygen atoms in total. The van der Waals surface area contributed by atoms with Crippen molar-refractivity contribution in [2.24, 2.45) is 0 Å². The smallest absolute Gasteiger partial charge is 0.350 e. The molecule has 0 bridgehead atoms. The van der Waals surface area contributed by atoms with Crippen LogP contribution in [0.25, 0.3) is 0 Å². The molecule has 24 heavy (non-hydrogen) atoms. The largest absolute Gasteiger partial charge is 0.462 e. The van der Waals surface area contributed by atoms with Crippen molar-refractivity contribution in [2.75, 3.05) is 13.2 Å². The highest BCUT2D eigenvalue weighted by atomic mass is 16.8. The van der Waals surface area contributed by atoms with Gasteiger partial charge in [0.05, 0.1) is 19.3 Å². The summed E-state index contributed by atoms with van der Waals surface area (Å²) in [6, 6.07) is 0.943. The lowest BCUT2D eigenvalue weighted by Gasteiger charge is -2.27. The molecule has 0 aromatic carbocycles. The molecule has 0 spiro atoms. The van der Waals surface area contributed by atoms with Gasteiger partial charge in [-0.2, -0.15) is 5.26 Å². The van der Waals surface area contributed by atoms with Gasteiger partial charge in [-0.05, 0) is 20.8 Å². The average molecular weight is 342 g/mol. The normalized spacial score (nSPS) is 32.8. The van der Waals surface area contributed by atoms with E-state index in [1.165, 1.54) is 0 Å². The van der Waals surface area contributed by atoms with Crippen LogP contribution in [0.5, 0.6) is 0 Å². The summed E-state index contributed by atoms with van der Waals surface area (Å²) in [7, 11) is 0. The van der Waals surface area contributed by atoms with E-state index in [0.717, 1.165) is 6.20 Å². The number of hydrogen-bond donors (Lipinski definition) is 3. The van der Waals surface area contributed by atoms with Crippen LogP contribution in [0, 0.1) is 11.3 Å². The second kappa shape index (κ2) is 7.46. The molecule has 0 aromatic heterocycles.